The number of amidine groups is 1. The number of hydrogen-bond acceptors (Lipinski definition) is 5. The number of aliphatic hydroxyl groups excluding tert-OH is 3. The second-order valence-corrected chi connectivity index (χ2v) is 6.05. The summed E-state index contributed by atoms with van der Waals surface area (Å²) in [6.07, 6.45) is -1.94. The minimum absolute atomic E-state index is 0.0568. The normalized spacial score (nSPS) is 43.6. The van der Waals surface area contributed by atoms with Crippen LogP contribution in [-0.2, 0) is 0 Å². The van der Waals surface area contributed by atoms with Crippen LogP contribution in [0.3, 0.4) is 0 Å². The van der Waals surface area contributed by atoms with E-state index in [1.54, 1.807) is 6.92 Å². The zero-order valence-corrected chi connectivity index (χ0v) is 11.0. The van der Waals surface area contributed by atoms with E-state index in [-0.39, 0.29) is 23.8 Å². The quantitative estimate of drug-likeness (QED) is 0.560. The molecule has 6 atom stereocenters. The fraction of sp³-hybridized carbons (Fsp3) is 0.909. The molecular formula is C11H19FN2O3S. The van der Waals surface area contributed by atoms with E-state index >= 15 is 0 Å². The fourth-order valence-corrected chi connectivity index (χ4v) is 3.92. The molecule has 0 aromatic heterocycles. The van der Waals surface area contributed by atoms with Crippen LogP contribution >= 0.6 is 11.8 Å². The van der Waals surface area contributed by atoms with E-state index in [0.29, 0.717) is 11.6 Å². The van der Waals surface area contributed by atoms with Gasteiger partial charge in [0.2, 0.25) is 0 Å². The Bertz CT molecular complexity index is 329. The molecule has 0 unspecified atom stereocenters. The Morgan fingerprint density at radius 1 is 1.50 bits per heavy atom. The Morgan fingerprint density at radius 2 is 2.22 bits per heavy atom. The summed E-state index contributed by atoms with van der Waals surface area (Å²) in [4.78, 5) is 4.03. The summed E-state index contributed by atoms with van der Waals surface area (Å²) >= 11 is 1.45. The molecule has 0 radical (unpaired) electrons. The molecule has 1 saturated heterocycles. The highest BCUT2D eigenvalue weighted by Gasteiger charge is 2.48. The molecule has 2 aliphatic rings. The first kappa shape index (κ1) is 14.0. The van der Waals surface area contributed by atoms with Gasteiger partial charge >= 0.3 is 0 Å². The third-order valence-electron chi connectivity index (χ3n) is 3.57. The van der Waals surface area contributed by atoms with Gasteiger partial charge in [-0.05, 0) is 13.3 Å². The average Bonchev–Trinajstić information content (AvgIpc) is 2.74. The lowest BCUT2D eigenvalue weighted by molar-refractivity contribution is -0.0864. The summed E-state index contributed by atoms with van der Waals surface area (Å²) in [5.41, 5.74) is 0. The van der Waals surface area contributed by atoms with Gasteiger partial charge in [0.15, 0.2) is 5.17 Å². The van der Waals surface area contributed by atoms with E-state index in [0.717, 1.165) is 0 Å². The van der Waals surface area contributed by atoms with Crippen molar-refractivity contribution in [3.63, 3.8) is 0 Å². The predicted octanol–water partition coefficient (Wildman–Crippen LogP) is -0.492. The van der Waals surface area contributed by atoms with Gasteiger partial charge in [0.1, 0.15) is 12.8 Å². The van der Waals surface area contributed by atoms with Crippen LogP contribution in [0, 0.1) is 5.92 Å². The third-order valence-corrected chi connectivity index (χ3v) is 4.83. The van der Waals surface area contributed by atoms with E-state index in [9.17, 15) is 19.7 Å². The lowest BCUT2D eigenvalue weighted by Gasteiger charge is -2.40. The van der Waals surface area contributed by atoms with Gasteiger partial charge in [-0.2, -0.15) is 0 Å². The maximum Gasteiger partial charge on any atom is 0.157 e. The first-order valence-electron chi connectivity index (χ1n) is 6.12. The molecule has 1 heterocycles. The highest BCUT2D eigenvalue weighted by atomic mass is 32.2. The number of nitrogens with one attached hydrogen (secondary N) is 1. The monoisotopic (exact) mass is 278 g/mol. The number of thioether (sulfide) groups is 1. The maximum atomic E-state index is 12.1. The molecule has 2 fully saturated rings. The van der Waals surface area contributed by atoms with Crippen LogP contribution in [0.25, 0.3) is 0 Å². The van der Waals surface area contributed by atoms with Gasteiger partial charge in [-0.15, -0.1) is 0 Å². The summed E-state index contributed by atoms with van der Waals surface area (Å²) in [7, 11) is 0. The highest BCUT2D eigenvalue weighted by molar-refractivity contribution is 8.14. The summed E-state index contributed by atoms with van der Waals surface area (Å²) in [5, 5.41) is 33.3. The number of fused-ring (bicyclic) bond motifs is 1. The van der Waals surface area contributed by atoms with Crippen molar-refractivity contribution in [1.29, 1.82) is 0 Å². The topological polar surface area (TPSA) is 85.1 Å². The number of alkyl halides is 1. The summed E-state index contributed by atoms with van der Waals surface area (Å²) in [6.45, 7) is 1.21. The Balaban J connectivity index is 2.07. The molecule has 2 rings (SSSR count). The van der Waals surface area contributed by atoms with E-state index in [2.05, 4.69) is 10.3 Å². The molecule has 5 nitrogen and oxygen atoms in total. The van der Waals surface area contributed by atoms with Crippen LogP contribution in [0.15, 0.2) is 4.99 Å². The molecule has 7 heteroatoms. The molecule has 0 amide bonds. The Kier molecular flexibility index (Phi) is 4.47. The van der Waals surface area contributed by atoms with Crippen molar-refractivity contribution in [3.8, 4) is 0 Å². The molecule has 1 saturated carbocycles. The smallest absolute Gasteiger partial charge is 0.157 e. The molecule has 0 aromatic rings. The molecule has 104 valence electrons. The Hall–Kier alpha value is -0.370. The summed E-state index contributed by atoms with van der Waals surface area (Å²) < 4.78 is 12.1. The second-order valence-electron chi connectivity index (χ2n) is 4.82. The summed E-state index contributed by atoms with van der Waals surface area (Å²) in [6, 6.07) is -0.279. The van der Waals surface area contributed by atoms with Crippen molar-refractivity contribution in [2.45, 2.75) is 42.9 Å². The lowest BCUT2D eigenvalue weighted by atomic mass is 9.78. The van der Waals surface area contributed by atoms with Crippen molar-refractivity contribution >= 4 is 16.9 Å². The predicted molar refractivity (Wildman–Crippen MR) is 68.4 cm³/mol. The number of nitrogens with zero attached hydrogens (tertiary/aromatic N) is 1. The first-order chi connectivity index (χ1) is 8.54. The molecular weight excluding hydrogens is 259 g/mol. The second kappa shape index (κ2) is 5.73. The Morgan fingerprint density at radius 3 is 2.83 bits per heavy atom. The van der Waals surface area contributed by atoms with Crippen molar-refractivity contribution in [2.24, 2.45) is 10.9 Å². The molecule has 0 bridgehead atoms. The van der Waals surface area contributed by atoms with E-state index in [1.807, 2.05) is 0 Å². The van der Waals surface area contributed by atoms with Gasteiger partial charge in [0, 0.05) is 11.2 Å². The summed E-state index contributed by atoms with van der Waals surface area (Å²) in [5.74, 6) is -0.337. The van der Waals surface area contributed by atoms with Crippen LogP contribution in [0.2, 0.25) is 0 Å². The number of rotatable bonds is 3. The van der Waals surface area contributed by atoms with Crippen LogP contribution in [0.4, 0.5) is 4.39 Å². The van der Waals surface area contributed by atoms with Crippen molar-refractivity contribution in [1.82, 2.24) is 5.32 Å². The van der Waals surface area contributed by atoms with Gasteiger partial charge < -0.3 is 20.6 Å². The molecule has 0 aromatic carbocycles. The standard InChI is InChI=1S/C11H19FN2O3S/c1-5(15)6-4-7-8(10(17)9(6)16)14-11(18-7)13-3-2-12/h5-10,15-17H,2-4H2,1H3,(H,13,14)/t5-,6+,7-,8-,9+,10+/m0/s1. The van der Waals surface area contributed by atoms with Crippen LogP contribution in [0.1, 0.15) is 13.3 Å². The highest BCUT2D eigenvalue weighted by Crippen LogP contribution is 2.38. The largest absolute Gasteiger partial charge is 0.393 e. The SMILES string of the molecule is C[C@H](O)[C@H]1C[C@@H]2SC(=NCCF)N[C@@H]2[C@@H](O)[C@@H]1O. The average molecular weight is 278 g/mol. The fourth-order valence-electron chi connectivity index (χ4n) is 2.57. The molecule has 0 spiro atoms. The molecule has 18 heavy (non-hydrogen) atoms. The number of hydrogen-bond donors (Lipinski definition) is 4. The van der Waals surface area contributed by atoms with Crippen LogP contribution in [-0.4, -0.2) is 63.3 Å². The first-order valence-corrected chi connectivity index (χ1v) is 7.00. The number of aliphatic imine (C=N–C) groups is 1. The molecule has 4 N–H and O–H groups in total. The van der Waals surface area contributed by atoms with Gasteiger partial charge in [-0.3, -0.25) is 4.99 Å². The molecule has 1 aliphatic carbocycles. The van der Waals surface area contributed by atoms with Crippen molar-refractivity contribution in [2.75, 3.05) is 13.2 Å². The maximum absolute atomic E-state index is 12.1. The van der Waals surface area contributed by atoms with Gasteiger partial charge in [-0.25, -0.2) is 4.39 Å². The Labute approximate surface area is 109 Å². The zero-order chi connectivity index (χ0) is 13.3. The van der Waals surface area contributed by atoms with E-state index in [1.165, 1.54) is 11.8 Å². The minimum atomic E-state index is -0.945. The van der Waals surface area contributed by atoms with Gasteiger partial charge in [0.25, 0.3) is 0 Å². The zero-order valence-electron chi connectivity index (χ0n) is 10.2. The molecule has 1 aliphatic heterocycles. The lowest BCUT2D eigenvalue weighted by Crippen LogP contribution is -2.57. The van der Waals surface area contributed by atoms with E-state index in [4.69, 9.17) is 0 Å². The van der Waals surface area contributed by atoms with Crippen molar-refractivity contribution in [3.05, 3.63) is 0 Å². The van der Waals surface area contributed by atoms with Gasteiger partial charge in [-0.1, -0.05) is 11.8 Å². The van der Waals surface area contributed by atoms with Gasteiger partial charge in [0.05, 0.1) is 24.8 Å². The van der Waals surface area contributed by atoms with Crippen LogP contribution in [0.5, 0.6) is 0 Å². The number of aliphatic hydroxyl groups is 3. The van der Waals surface area contributed by atoms with Crippen molar-refractivity contribution < 1.29 is 19.7 Å². The third kappa shape index (κ3) is 2.64. The minimum Gasteiger partial charge on any atom is -0.393 e. The van der Waals surface area contributed by atoms with E-state index < -0.39 is 25.0 Å². The number of halogens is 1. The van der Waals surface area contributed by atoms with Crippen LogP contribution < -0.4 is 5.32 Å².